The molecule has 1 amide bonds. The fraction of sp³-hybridized carbons (Fsp3) is 0.133. The van der Waals surface area contributed by atoms with E-state index in [4.69, 9.17) is 21.6 Å². The number of nitriles is 1. The van der Waals surface area contributed by atoms with E-state index in [2.05, 4.69) is 10.3 Å². The van der Waals surface area contributed by atoms with Crippen LogP contribution in [0.2, 0.25) is 5.02 Å². The van der Waals surface area contributed by atoms with Crippen LogP contribution in [0, 0.1) is 11.3 Å². The lowest BCUT2D eigenvalue weighted by Crippen LogP contribution is -2.30. The van der Waals surface area contributed by atoms with Gasteiger partial charge in [0.2, 0.25) is 0 Å². The predicted molar refractivity (Wildman–Crippen MR) is 79.1 cm³/mol. The molecule has 1 aromatic carbocycles. The number of pyridine rings is 1. The second-order valence-corrected chi connectivity index (χ2v) is 4.72. The van der Waals surface area contributed by atoms with Crippen molar-refractivity contribution in [3.8, 4) is 11.8 Å². The first kappa shape index (κ1) is 14.8. The van der Waals surface area contributed by atoms with Gasteiger partial charge in [0.05, 0.1) is 22.9 Å². The van der Waals surface area contributed by atoms with Crippen LogP contribution in [0.4, 0.5) is 5.69 Å². The number of carbonyl (C=O) groups is 1. The van der Waals surface area contributed by atoms with Crippen LogP contribution >= 0.6 is 11.6 Å². The Hall–Kier alpha value is -2.58. The van der Waals surface area contributed by atoms with Gasteiger partial charge >= 0.3 is 0 Å². The van der Waals surface area contributed by atoms with Crippen LogP contribution in [0.3, 0.4) is 0 Å². The molecule has 0 spiro atoms. The summed E-state index contributed by atoms with van der Waals surface area (Å²) in [5.41, 5.74) is 1.01. The lowest BCUT2D eigenvalue weighted by atomic mass is 10.2. The smallest absolute Gasteiger partial charge is 0.265 e. The summed E-state index contributed by atoms with van der Waals surface area (Å²) >= 11 is 5.80. The number of rotatable bonds is 4. The van der Waals surface area contributed by atoms with E-state index in [1.165, 1.54) is 12.4 Å². The molecule has 1 atom stereocenters. The first-order valence-corrected chi connectivity index (χ1v) is 6.54. The van der Waals surface area contributed by atoms with Gasteiger partial charge in [0.25, 0.3) is 5.91 Å². The van der Waals surface area contributed by atoms with Gasteiger partial charge in [-0.15, -0.1) is 0 Å². The van der Waals surface area contributed by atoms with Gasteiger partial charge in [-0.05, 0) is 25.1 Å². The third kappa shape index (κ3) is 4.20. The van der Waals surface area contributed by atoms with Crippen molar-refractivity contribution in [1.82, 2.24) is 4.98 Å². The van der Waals surface area contributed by atoms with Crippen molar-refractivity contribution in [2.24, 2.45) is 0 Å². The average Bonchev–Trinajstić information content (AvgIpc) is 2.47. The maximum Gasteiger partial charge on any atom is 0.265 e. The molecule has 6 heteroatoms. The van der Waals surface area contributed by atoms with Crippen molar-refractivity contribution >= 4 is 23.2 Å². The highest BCUT2D eigenvalue weighted by atomic mass is 35.5. The van der Waals surface area contributed by atoms with Crippen LogP contribution in [0.25, 0.3) is 0 Å². The second-order valence-electron chi connectivity index (χ2n) is 4.28. The maximum absolute atomic E-state index is 12.0. The standard InChI is InChI=1S/C15H12ClN3O2/c1-10(21-14-6-12(16)8-18-9-14)15(20)19-13-4-2-3-11(5-13)7-17/h2-6,8-10H,1H3,(H,19,20). The fourth-order valence-corrected chi connectivity index (χ4v) is 1.79. The van der Waals surface area contributed by atoms with Crippen LogP contribution in [0.5, 0.6) is 5.75 Å². The van der Waals surface area contributed by atoms with Crippen molar-refractivity contribution in [3.05, 3.63) is 53.3 Å². The summed E-state index contributed by atoms with van der Waals surface area (Å²) in [5, 5.41) is 11.9. The number of ether oxygens (including phenoxy) is 1. The van der Waals surface area contributed by atoms with Gasteiger partial charge in [0, 0.05) is 18.0 Å². The van der Waals surface area contributed by atoms with Gasteiger partial charge in [-0.2, -0.15) is 5.26 Å². The van der Waals surface area contributed by atoms with E-state index in [0.717, 1.165) is 0 Å². The quantitative estimate of drug-likeness (QED) is 0.942. The van der Waals surface area contributed by atoms with E-state index in [9.17, 15) is 4.79 Å². The Morgan fingerprint density at radius 3 is 2.95 bits per heavy atom. The van der Waals surface area contributed by atoms with Crippen LogP contribution < -0.4 is 10.1 Å². The third-order valence-corrected chi connectivity index (χ3v) is 2.83. The van der Waals surface area contributed by atoms with Crippen LogP contribution in [0.1, 0.15) is 12.5 Å². The summed E-state index contributed by atoms with van der Waals surface area (Å²) in [5.74, 6) is 0.0843. The average molecular weight is 302 g/mol. The summed E-state index contributed by atoms with van der Waals surface area (Å²) in [6.07, 6.45) is 2.23. The fourth-order valence-electron chi connectivity index (χ4n) is 1.62. The summed E-state index contributed by atoms with van der Waals surface area (Å²) < 4.78 is 5.46. The molecule has 0 aliphatic heterocycles. The summed E-state index contributed by atoms with van der Waals surface area (Å²) in [6, 6.07) is 10.2. The Kier molecular flexibility index (Phi) is 4.75. The zero-order valence-electron chi connectivity index (χ0n) is 11.2. The minimum Gasteiger partial charge on any atom is -0.479 e. The van der Waals surface area contributed by atoms with E-state index >= 15 is 0 Å². The Bertz CT molecular complexity index is 697. The number of aromatic nitrogens is 1. The van der Waals surface area contributed by atoms with Gasteiger partial charge < -0.3 is 10.1 Å². The Balaban J connectivity index is 2.01. The lowest BCUT2D eigenvalue weighted by Gasteiger charge is -2.14. The van der Waals surface area contributed by atoms with E-state index in [1.807, 2.05) is 6.07 Å². The van der Waals surface area contributed by atoms with Crippen molar-refractivity contribution < 1.29 is 9.53 Å². The van der Waals surface area contributed by atoms with E-state index in [-0.39, 0.29) is 5.91 Å². The molecule has 106 valence electrons. The monoisotopic (exact) mass is 301 g/mol. The van der Waals surface area contributed by atoms with Gasteiger partial charge in [0.1, 0.15) is 5.75 Å². The topological polar surface area (TPSA) is 75.0 Å². The minimum atomic E-state index is -0.726. The van der Waals surface area contributed by atoms with E-state index in [1.54, 1.807) is 37.3 Å². The molecule has 1 heterocycles. The maximum atomic E-state index is 12.0. The number of amides is 1. The highest BCUT2D eigenvalue weighted by Gasteiger charge is 2.15. The van der Waals surface area contributed by atoms with E-state index in [0.29, 0.717) is 22.0 Å². The van der Waals surface area contributed by atoms with Gasteiger partial charge in [-0.1, -0.05) is 17.7 Å². The molecule has 5 nitrogen and oxygen atoms in total. The number of nitrogens with one attached hydrogen (secondary N) is 1. The number of benzene rings is 1. The van der Waals surface area contributed by atoms with Gasteiger partial charge in [0.15, 0.2) is 6.10 Å². The van der Waals surface area contributed by atoms with Crippen molar-refractivity contribution in [2.75, 3.05) is 5.32 Å². The number of nitrogens with zero attached hydrogens (tertiary/aromatic N) is 2. The Labute approximate surface area is 127 Å². The number of hydrogen-bond acceptors (Lipinski definition) is 4. The first-order valence-electron chi connectivity index (χ1n) is 6.17. The molecule has 0 fully saturated rings. The van der Waals surface area contributed by atoms with Gasteiger partial charge in [-0.3, -0.25) is 9.78 Å². The predicted octanol–water partition coefficient (Wildman–Crippen LogP) is 3.01. The normalized spacial score (nSPS) is 11.3. The number of halogens is 1. The molecular weight excluding hydrogens is 290 g/mol. The number of hydrogen-bond donors (Lipinski definition) is 1. The van der Waals surface area contributed by atoms with Crippen molar-refractivity contribution in [1.29, 1.82) is 5.26 Å². The Morgan fingerprint density at radius 1 is 1.43 bits per heavy atom. The molecule has 1 aromatic heterocycles. The molecule has 0 saturated carbocycles. The van der Waals surface area contributed by atoms with E-state index < -0.39 is 6.10 Å². The highest BCUT2D eigenvalue weighted by molar-refractivity contribution is 6.30. The zero-order chi connectivity index (χ0) is 15.2. The summed E-state index contributed by atoms with van der Waals surface area (Å²) in [7, 11) is 0. The SMILES string of the molecule is CC(Oc1cncc(Cl)c1)C(=O)Nc1cccc(C#N)c1. The van der Waals surface area contributed by atoms with Gasteiger partial charge in [-0.25, -0.2) is 0 Å². The molecule has 1 unspecified atom stereocenters. The van der Waals surface area contributed by atoms with Crippen molar-refractivity contribution in [2.45, 2.75) is 13.0 Å². The molecule has 2 aromatic rings. The second kappa shape index (κ2) is 6.73. The Morgan fingerprint density at radius 2 is 2.24 bits per heavy atom. The number of carbonyl (C=O) groups excluding carboxylic acids is 1. The van der Waals surface area contributed by atoms with Crippen LogP contribution in [-0.2, 0) is 4.79 Å². The minimum absolute atomic E-state index is 0.329. The van der Waals surface area contributed by atoms with Crippen molar-refractivity contribution in [3.63, 3.8) is 0 Å². The molecular formula is C15H12ClN3O2. The summed E-state index contributed by atoms with van der Waals surface area (Å²) in [4.78, 5) is 15.9. The molecule has 0 aliphatic carbocycles. The zero-order valence-corrected chi connectivity index (χ0v) is 12.0. The molecule has 21 heavy (non-hydrogen) atoms. The van der Waals surface area contributed by atoms with Crippen LogP contribution in [-0.4, -0.2) is 17.0 Å². The largest absolute Gasteiger partial charge is 0.479 e. The molecule has 0 radical (unpaired) electrons. The van der Waals surface area contributed by atoms with Crippen LogP contribution in [0.15, 0.2) is 42.7 Å². The molecule has 1 N–H and O–H groups in total. The summed E-state index contributed by atoms with van der Waals surface area (Å²) in [6.45, 7) is 1.62. The number of anilines is 1. The molecule has 0 saturated heterocycles. The first-order chi connectivity index (χ1) is 10.1. The molecule has 0 bridgehead atoms. The lowest BCUT2D eigenvalue weighted by molar-refractivity contribution is -0.122. The third-order valence-electron chi connectivity index (χ3n) is 2.62. The highest BCUT2D eigenvalue weighted by Crippen LogP contribution is 2.17. The molecule has 2 rings (SSSR count). The molecule has 0 aliphatic rings.